The van der Waals surface area contributed by atoms with Gasteiger partial charge in [0.15, 0.2) is 0 Å². The molecule has 18 heavy (non-hydrogen) atoms. The van der Waals surface area contributed by atoms with Crippen molar-refractivity contribution in [3.8, 4) is 0 Å². The Morgan fingerprint density at radius 2 is 2.00 bits per heavy atom. The summed E-state index contributed by atoms with van der Waals surface area (Å²) in [5, 5.41) is 3.77. The fraction of sp³-hybridized carbons (Fsp3) is 0.625. The van der Waals surface area contributed by atoms with Crippen molar-refractivity contribution in [3.63, 3.8) is 0 Å². The Bertz CT molecular complexity index is 374. The highest BCUT2D eigenvalue weighted by molar-refractivity contribution is 5.25. The third-order valence-corrected chi connectivity index (χ3v) is 4.28. The smallest absolute Gasteiger partial charge is 0.0535 e. The van der Waals surface area contributed by atoms with Crippen molar-refractivity contribution in [3.05, 3.63) is 35.9 Å². The van der Waals surface area contributed by atoms with Gasteiger partial charge in [-0.25, -0.2) is 0 Å². The molecule has 2 heteroatoms. The Labute approximate surface area is 111 Å². The maximum absolute atomic E-state index is 3.77. The van der Waals surface area contributed by atoms with Crippen LogP contribution in [0.25, 0.3) is 0 Å². The number of benzene rings is 1. The van der Waals surface area contributed by atoms with Gasteiger partial charge in [0.1, 0.15) is 0 Å². The molecule has 1 fully saturated rings. The lowest BCUT2D eigenvalue weighted by Crippen LogP contribution is -2.62. The molecule has 0 aromatic heterocycles. The van der Waals surface area contributed by atoms with E-state index in [1.54, 1.807) is 0 Å². The van der Waals surface area contributed by atoms with E-state index in [9.17, 15) is 0 Å². The molecule has 1 saturated heterocycles. The molecule has 1 aliphatic heterocycles. The zero-order chi connectivity index (χ0) is 13.2. The Kier molecular flexibility index (Phi) is 4.08. The van der Waals surface area contributed by atoms with Crippen LogP contribution >= 0.6 is 0 Å². The van der Waals surface area contributed by atoms with Gasteiger partial charge in [0.2, 0.25) is 0 Å². The van der Waals surface area contributed by atoms with Gasteiger partial charge in [-0.15, -0.1) is 0 Å². The highest BCUT2D eigenvalue weighted by atomic mass is 15.2. The molecular formula is C16H26N2. The molecule has 1 aliphatic rings. The Morgan fingerprint density at radius 3 is 2.56 bits per heavy atom. The average Bonchev–Trinajstić information content (AvgIpc) is 2.39. The van der Waals surface area contributed by atoms with Crippen LogP contribution in [0.15, 0.2) is 30.3 Å². The second-order valence-electron chi connectivity index (χ2n) is 5.95. The molecule has 1 heterocycles. The molecule has 2 rings (SSSR count). The van der Waals surface area contributed by atoms with Crippen LogP contribution in [0.4, 0.5) is 0 Å². The van der Waals surface area contributed by atoms with Crippen molar-refractivity contribution >= 4 is 0 Å². The minimum Gasteiger partial charge on any atom is -0.305 e. The first-order valence-electron chi connectivity index (χ1n) is 7.11. The molecule has 100 valence electrons. The van der Waals surface area contributed by atoms with E-state index < -0.39 is 0 Å². The fourth-order valence-corrected chi connectivity index (χ4v) is 3.04. The summed E-state index contributed by atoms with van der Waals surface area (Å²) in [5.41, 5.74) is 1.48. The van der Waals surface area contributed by atoms with Gasteiger partial charge in [-0.2, -0.15) is 0 Å². The van der Waals surface area contributed by atoms with Gasteiger partial charge >= 0.3 is 0 Å². The molecule has 1 aromatic rings. The second kappa shape index (κ2) is 5.41. The predicted octanol–water partition coefficient (Wildman–Crippen LogP) is 2.85. The number of nitrogens with one attached hydrogen (secondary N) is 1. The molecule has 1 N–H and O–H groups in total. The monoisotopic (exact) mass is 246 g/mol. The summed E-state index contributed by atoms with van der Waals surface area (Å²) in [6, 6.07) is 11.5. The second-order valence-corrected chi connectivity index (χ2v) is 5.95. The molecule has 0 amide bonds. The quantitative estimate of drug-likeness (QED) is 0.882. The van der Waals surface area contributed by atoms with Crippen molar-refractivity contribution < 1.29 is 0 Å². The molecular weight excluding hydrogens is 220 g/mol. The highest BCUT2D eigenvalue weighted by Crippen LogP contribution is 2.28. The number of piperazine rings is 1. The zero-order valence-electron chi connectivity index (χ0n) is 12.1. The number of hydrogen-bond acceptors (Lipinski definition) is 2. The highest BCUT2D eigenvalue weighted by Gasteiger charge is 2.37. The van der Waals surface area contributed by atoms with Crippen molar-refractivity contribution in [2.24, 2.45) is 5.92 Å². The molecule has 2 unspecified atom stereocenters. The minimum absolute atomic E-state index is 0.0860. The Hall–Kier alpha value is -0.860. The first-order valence-corrected chi connectivity index (χ1v) is 7.11. The average molecular weight is 246 g/mol. The van der Waals surface area contributed by atoms with Crippen LogP contribution in [0.1, 0.15) is 33.3 Å². The third-order valence-electron chi connectivity index (χ3n) is 4.28. The molecule has 0 radical (unpaired) electrons. The summed E-state index contributed by atoms with van der Waals surface area (Å²) in [5.74, 6) is 0.706. The van der Waals surface area contributed by atoms with Crippen LogP contribution < -0.4 is 5.32 Å². The van der Waals surface area contributed by atoms with Gasteiger partial charge in [0, 0.05) is 19.1 Å². The largest absolute Gasteiger partial charge is 0.305 e. The van der Waals surface area contributed by atoms with Crippen LogP contribution in [0.2, 0.25) is 0 Å². The van der Waals surface area contributed by atoms with Crippen LogP contribution in [0.5, 0.6) is 0 Å². The Morgan fingerprint density at radius 1 is 1.33 bits per heavy atom. The lowest BCUT2D eigenvalue weighted by molar-refractivity contribution is 0.0658. The number of likely N-dealkylation sites (N-methyl/N-ethyl adjacent to an activating group) is 1. The molecule has 0 spiro atoms. The number of nitrogens with zero attached hydrogens (tertiary/aromatic N) is 1. The summed E-state index contributed by atoms with van der Waals surface area (Å²) in [6.45, 7) is 12.5. The first kappa shape index (κ1) is 13.6. The third kappa shape index (κ3) is 2.60. The van der Waals surface area contributed by atoms with Gasteiger partial charge in [0.25, 0.3) is 0 Å². The van der Waals surface area contributed by atoms with Crippen LogP contribution in [-0.4, -0.2) is 30.6 Å². The molecule has 0 saturated carbocycles. The van der Waals surface area contributed by atoms with Crippen molar-refractivity contribution in [2.45, 2.75) is 39.3 Å². The Balaban J connectivity index is 2.18. The summed E-state index contributed by atoms with van der Waals surface area (Å²) >= 11 is 0. The van der Waals surface area contributed by atoms with E-state index in [-0.39, 0.29) is 5.54 Å². The number of hydrogen-bond donors (Lipinski definition) is 1. The van der Waals surface area contributed by atoms with Crippen LogP contribution in [0, 0.1) is 5.92 Å². The predicted molar refractivity (Wildman–Crippen MR) is 77.7 cm³/mol. The van der Waals surface area contributed by atoms with Gasteiger partial charge in [-0.05, 0) is 24.9 Å². The minimum atomic E-state index is 0.0860. The summed E-state index contributed by atoms with van der Waals surface area (Å²) in [4.78, 5) is 2.62. The lowest BCUT2D eigenvalue weighted by atomic mass is 9.86. The van der Waals surface area contributed by atoms with E-state index in [2.05, 4.69) is 68.2 Å². The van der Waals surface area contributed by atoms with Crippen molar-refractivity contribution in [2.75, 3.05) is 19.6 Å². The lowest BCUT2D eigenvalue weighted by Gasteiger charge is -2.47. The molecule has 0 bridgehead atoms. The van der Waals surface area contributed by atoms with Crippen molar-refractivity contribution in [1.29, 1.82) is 0 Å². The molecule has 0 aliphatic carbocycles. The van der Waals surface area contributed by atoms with Gasteiger partial charge in [-0.3, -0.25) is 4.90 Å². The maximum Gasteiger partial charge on any atom is 0.0535 e. The van der Waals surface area contributed by atoms with E-state index in [4.69, 9.17) is 0 Å². The topological polar surface area (TPSA) is 15.3 Å². The molecule has 2 atom stereocenters. The van der Waals surface area contributed by atoms with Gasteiger partial charge < -0.3 is 5.32 Å². The number of rotatable bonds is 3. The standard InChI is InChI=1S/C16H26N2/c1-5-18-12-16(4,14-9-7-6-8-10-14)17-11-15(18)13(2)3/h6-10,13,15,17H,5,11-12H2,1-4H3. The summed E-state index contributed by atoms with van der Waals surface area (Å²) < 4.78 is 0. The SMILES string of the molecule is CCN1CC(C)(c2ccccc2)NCC1C(C)C. The summed E-state index contributed by atoms with van der Waals surface area (Å²) in [6.07, 6.45) is 0. The zero-order valence-corrected chi connectivity index (χ0v) is 12.1. The maximum atomic E-state index is 3.77. The van der Waals surface area contributed by atoms with Gasteiger partial charge in [0.05, 0.1) is 5.54 Å². The van der Waals surface area contributed by atoms with Gasteiger partial charge in [-0.1, -0.05) is 51.1 Å². The van der Waals surface area contributed by atoms with E-state index in [0.717, 1.165) is 19.6 Å². The molecule has 2 nitrogen and oxygen atoms in total. The first-order chi connectivity index (χ1) is 8.57. The normalized spacial score (nSPS) is 29.7. The van der Waals surface area contributed by atoms with Crippen LogP contribution in [0.3, 0.4) is 0 Å². The van der Waals surface area contributed by atoms with E-state index >= 15 is 0 Å². The fourth-order valence-electron chi connectivity index (χ4n) is 3.04. The van der Waals surface area contributed by atoms with E-state index in [1.807, 2.05) is 0 Å². The van der Waals surface area contributed by atoms with E-state index in [1.165, 1.54) is 5.56 Å². The summed E-state index contributed by atoms with van der Waals surface area (Å²) in [7, 11) is 0. The van der Waals surface area contributed by atoms with Crippen molar-refractivity contribution in [1.82, 2.24) is 10.2 Å². The van der Waals surface area contributed by atoms with Crippen LogP contribution in [-0.2, 0) is 5.54 Å². The van der Waals surface area contributed by atoms with E-state index in [0.29, 0.717) is 12.0 Å². The molecule has 1 aromatic carbocycles.